The highest BCUT2D eigenvalue weighted by atomic mass is 16.5. The molecule has 0 spiro atoms. The lowest BCUT2D eigenvalue weighted by molar-refractivity contribution is -0.164. The van der Waals surface area contributed by atoms with E-state index in [-0.39, 0.29) is 24.0 Å². The Morgan fingerprint density at radius 3 is 2.79 bits per heavy atom. The molecule has 0 saturated carbocycles. The van der Waals surface area contributed by atoms with E-state index in [9.17, 15) is 4.79 Å². The number of carbonyl (C=O) groups is 1. The van der Waals surface area contributed by atoms with Gasteiger partial charge < -0.3 is 9.72 Å². The molecule has 1 aliphatic carbocycles. The van der Waals surface area contributed by atoms with E-state index in [2.05, 4.69) is 52.4 Å². The van der Waals surface area contributed by atoms with Crippen molar-refractivity contribution in [3.8, 4) is 0 Å². The number of benzene rings is 1. The first-order chi connectivity index (χ1) is 14.1. The Bertz CT molecular complexity index is 999. The summed E-state index contributed by atoms with van der Waals surface area (Å²) in [5.74, 6) is 0.0728. The second kappa shape index (κ2) is 6.42. The molecule has 6 nitrogen and oxygen atoms in total. The van der Waals surface area contributed by atoms with Crippen molar-refractivity contribution in [3.63, 3.8) is 0 Å². The number of morpholine rings is 1. The molecule has 6 rings (SSSR count). The van der Waals surface area contributed by atoms with Crippen molar-refractivity contribution in [2.24, 2.45) is 5.92 Å². The number of amides is 1. The Morgan fingerprint density at radius 1 is 1.21 bits per heavy atom. The Balaban J connectivity index is 1.32. The minimum Gasteiger partial charge on any atom is -0.372 e. The summed E-state index contributed by atoms with van der Waals surface area (Å²) in [5.41, 5.74) is 5.17. The molecule has 0 radical (unpaired) electrons. The molecule has 2 fully saturated rings. The zero-order chi connectivity index (χ0) is 19.7. The van der Waals surface area contributed by atoms with Crippen LogP contribution in [0.5, 0.6) is 0 Å². The minimum atomic E-state index is -0.118. The van der Waals surface area contributed by atoms with Crippen LogP contribution in [0.3, 0.4) is 0 Å². The molecule has 1 aromatic heterocycles. The summed E-state index contributed by atoms with van der Waals surface area (Å²) >= 11 is 0. The number of hydrazine groups is 1. The zero-order valence-electron chi connectivity index (χ0n) is 17.1. The molecule has 6 heteroatoms. The molecule has 2 aromatic rings. The third-order valence-electron chi connectivity index (χ3n) is 7.35. The topological polar surface area (TPSA) is 51.8 Å². The van der Waals surface area contributed by atoms with Gasteiger partial charge in [0.05, 0.1) is 18.1 Å². The number of aromatic amines is 1. The summed E-state index contributed by atoms with van der Waals surface area (Å²) in [6.07, 6.45) is 8.20. The lowest BCUT2D eigenvalue weighted by Crippen LogP contribution is -2.55. The summed E-state index contributed by atoms with van der Waals surface area (Å²) in [6.45, 7) is 2.42. The van der Waals surface area contributed by atoms with Crippen molar-refractivity contribution < 1.29 is 9.53 Å². The predicted octanol–water partition coefficient (Wildman–Crippen LogP) is 2.27. The first kappa shape index (κ1) is 17.7. The number of rotatable bonds is 2. The van der Waals surface area contributed by atoms with Gasteiger partial charge >= 0.3 is 0 Å². The van der Waals surface area contributed by atoms with Gasteiger partial charge in [-0.1, -0.05) is 18.2 Å². The third kappa shape index (κ3) is 2.70. The molecule has 1 amide bonds. The summed E-state index contributed by atoms with van der Waals surface area (Å²) in [5, 5.41) is 5.40. The van der Waals surface area contributed by atoms with Crippen LogP contribution in [-0.2, 0) is 16.0 Å². The number of nitrogens with zero attached hydrogens (tertiary/aromatic N) is 3. The van der Waals surface area contributed by atoms with Crippen LogP contribution in [-0.4, -0.2) is 77.8 Å². The molecule has 1 aromatic carbocycles. The monoisotopic (exact) mass is 392 g/mol. The van der Waals surface area contributed by atoms with Crippen LogP contribution in [0.25, 0.3) is 16.5 Å². The van der Waals surface area contributed by atoms with Crippen LogP contribution in [0.1, 0.15) is 24.0 Å². The third-order valence-corrected chi connectivity index (χ3v) is 7.35. The number of hydrogen-bond acceptors (Lipinski definition) is 4. The molecule has 152 valence electrons. The molecule has 4 atom stereocenters. The van der Waals surface area contributed by atoms with Crippen molar-refractivity contribution in [2.75, 3.05) is 33.7 Å². The first-order valence-corrected chi connectivity index (χ1v) is 10.8. The van der Waals surface area contributed by atoms with Crippen LogP contribution in [0, 0.1) is 5.92 Å². The number of nitrogens with one attached hydrogen (secondary N) is 1. The van der Waals surface area contributed by atoms with Gasteiger partial charge in [-0.2, -0.15) is 0 Å². The van der Waals surface area contributed by atoms with Crippen molar-refractivity contribution in [1.29, 1.82) is 0 Å². The fourth-order valence-electron chi connectivity index (χ4n) is 5.82. The van der Waals surface area contributed by atoms with Crippen LogP contribution < -0.4 is 0 Å². The standard InChI is InChI=1S/C23H28N4O2/c1-25-11-15(23(28)26(2)27-12-16-6-7-17(13-27)29-16)8-19-18-4-3-5-20-22(18)14(10-24-20)9-21(19)25/h3-5,8,10,15-17,21,24H,6-7,9,11-13H2,1-2H3. The second-order valence-corrected chi connectivity index (χ2v) is 9.12. The number of H-pyrrole nitrogens is 1. The Labute approximate surface area is 171 Å². The molecule has 2 bridgehead atoms. The smallest absolute Gasteiger partial charge is 0.244 e. The lowest BCUT2D eigenvalue weighted by atomic mass is 9.80. The van der Waals surface area contributed by atoms with Crippen LogP contribution in [0.4, 0.5) is 0 Å². The van der Waals surface area contributed by atoms with Crippen molar-refractivity contribution in [2.45, 2.75) is 37.5 Å². The molecule has 4 unspecified atom stereocenters. The van der Waals surface area contributed by atoms with E-state index in [4.69, 9.17) is 4.74 Å². The van der Waals surface area contributed by atoms with Crippen LogP contribution in [0.2, 0.25) is 0 Å². The van der Waals surface area contributed by atoms with Gasteiger partial charge in [0.1, 0.15) is 0 Å². The second-order valence-electron chi connectivity index (χ2n) is 9.12. The minimum absolute atomic E-state index is 0.118. The van der Waals surface area contributed by atoms with Gasteiger partial charge in [-0.05, 0) is 49.1 Å². The molecular weight excluding hydrogens is 364 g/mol. The first-order valence-electron chi connectivity index (χ1n) is 10.8. The van der Waals surface area contributed by atoms with E-state index >= 15 is 0 Å². The summed E-state index contributed by atoms with van der Waals surface area (Å²) < 4.78 is 5.95. The van der Waals surface area contributed by atoms with Crippen molar-refractivity contribution in [3.05, 3.63) is 41.6 Å². The van der Waals surface area contributed by atoms with Gasteiger partial charge in [0.25, 0.3) is 0 Å². The van der Waals surface area contributed by atoms with E-state index in [0.29, 0.717) is 6.04 Å². The number of carbonyl (C=O) groups excluding carboxylic acids is 1. The summed E-state index contributed by atoms with van der Waals surface area (Å²) in [6, 6.07) is 6.81. The number of fused-ring (bicyclic) bond motifs is 4. The van der Waals surface area contributed by atoms with Crippen LogP contribution in [0.15, 0.2) is 30.5 Å². The summed E-state index contributed by atoms with van der Waals surface area (Å²) in [4.78, 5) is 19.2. The van der Waals surface area contributed by atoms with Gasteiger partial charge in [0.15, 0.2) is 0 Å². The summed E-state index contributed by atoms with van der Waals surface area (Å²) in [7, 11) is 4.09. The SMILES string of the molecule is CN1CC(C(=O)N(C)N2CC3CCC(C2)O3)C=C2c3cccc4[nH]cc(c34)CC21. The van der Waals surface area contributed by atoms with Gasteiger partial charge in [-0.25, -0.2) is 5.01 Å². The molecule has 4 heterocycles. The van der Waals surface area contributed by atoms with E-state index in [0.717, 1.165) is 38.9 Å². The lowest BCUT2D eigenvalue weighted by Gasteiger charge is -2.42. The maximum Gasteiger partial charge on any atom is 0.244 e. The van der Waals surface area contributed by atoms with Gasteiger partial charge in [0, 0.05) is 49.8 Å². The van der Waals surface area contributed by atoms with E-state index < -0.39 is 0 Å². The maximum absolute atomic E-state index is 13.5. The Kier molecular flexibility index (Phi) is 3.92. The highest BCUT2D eigenvalue weighted by molar-refractivity contribution is 5.99. The predicted molar refractivity (Wildman–Crippen MR) is 112 cm³/mol. The van der Waals surface area contributed by atoms with Crippen LogP contribution >= 0.6 is 0 Å². The normalized spacial score (nSPS) is 31.6. The van der Waals surface area contributed by atoms with Crippen molar-refractivity contribution in [1.82, 2.24) is 19.9 Å². The number of hydrogen-bond donors (Lipinski definition) is 1. The number of aromatic nitrogens is 1. The van der Waals surface area contributed by atoms with Gasteiger partial charge in [-0.15, -0.1) is 0 Å². The van der Waals surface area contributed by atoms with Crippen molar-refractivity contribution >= 4 is 22.4 Å². The van der Waals surface area contributed by atoms with Gasteiger partial charge in [0.2, 0.25) is 5.91 Å². The van der Waals surface area contributed by atoms with E-state index in [1.807, 2.05) is 12.1 Å². The van der Waals surface area contributed by atoms with E-state index in [1.165, 1.54) is 27.6 Å². The quantitative estimate of drug-likeness (QED) is 0.852. The zero-order valence-corrected chi connectivity index (χ0v) is 17.1. The number of ether oxygens (including phenoxy) is 1. The fraction of sp³-hybridized carbons (Fsp3) is 0.522. The highest BCUT2D eigenvalue weighted by Crippen LogP contribution is 2.41. The fourth-order valence-corrected chi connectivity index (χ4v) is 5.82. The molecule has 4 aliphatic rings. The molecule has 2 saturated heterocycles. The maximum atomic E-state index is 13.5. The Hall–Kier alpha value is -2.15. The van der Waals surface area contributed by atoms with E-state index in [1.54, 1.807) is 0 Å². The average molecular weight is 393 g/mol. The molecule has 29 heavy (non-hydrogen) atoms. The Morgan fingerprint density at radius 2 is 2.00 bits per heavy atom. The highest BCUT2D eigenvalue weighted by Gasteiger charge is 2.40. The molecule has 1 N–H and O–H groups in total. The number of likely N-dealkylation sites (N-methyl/N-ethyl adjacent to an activating group) is 1. The largest absolute Gasteiger partial charge is 0.372 e. The molecular formula is C23H28N4O2. The average Bonchev–Trinajstić information content (AvgIpc) is 3.31. The van der Waals surface area contributed by atoms with Gasteiger partial charge in [-0.3, -0.25) is 14.7 Å². The molecule has 3 aliphatic heterocycles.